The van der Waals surface area contributed by atoms with Crippen LogP contribution in [0, 0.1) is 0 Å². The number of nitrogens with zero attached hydrogens (tertiary/aromatic N) is 2. The highest BCUT2D eigenvalue weighted by Crippen LogP contribution is 2.24. The Kier molecular flexibility index (Phi) is 3.80. The Bertz CT molecular complexity index is 881. The van der Waals surface area contributed by atoms with Crippen LogP contribution in [0.4, 0.5) is 0 Å². The zero-order valence-corrected chi connectivity index (χ0v) is 12.6. The van der Waals surface area contributed by atoms with Crippen LogP contribution in [0.1, 0.15) is 20.8 Å². The molecule has 0 saturated heterocycles. The van der Waals surface area contributed by atoms with Crippen molar-refractivity contribution in [1.29, 1.82) is 0 Å². The zero-order chi connectivity index (χ0) is 16.4. The van der Waals surface area contributed by atoms with Crippen LogP contribution in [0.25, 0.3) is 16.8 Å². The van der Waals surface area contributed by atoms with Crippen molar-refractivity contribution in [2.75, 3.05) is 14.2 Å². The van der Waals surface area contributed by atoms with Gasteiger partial charge in [0.15, 0.2) is 5.69 Å². The Morgan fingerprint density at radius 1 is 1.00 bits per heavy atom. The number of ether oxygens (including phenoxy) is 2. The monoisotopic (exact) mass is 310 g/mol. The SMILES string of the molecule is COC(=O)c1ccc(-c2ncc(C(=O)OC)n3cccc23)cc1. The minimum absolute atomic E-state index is 0.349. The van der Waals surface area contributed by atoms with Gasteiger partial charge in [0.05, 0.1) is 37.2 Å². The van der Waals surface area contributed by atoms with Gasteiger partial charge in [0, 0.05) is 11.8 Å². The van der Waals surface area contributed by atoms with E-state index in [1.165, 1.54) is 20.4 Å². The van der Waals surface area contributed by atoms with Crippen molar-refractivity contribution >= 4 is 17.5 Å². The van der Waals surface area contributed by atoms with E-state index in [1.807, 2.05) is 12.1 Å². The molecule has 1 aromatic carbocycles. The van der Waals surface area contributed by atoms with Gasteiger partial charge in [0.2, 0.25) is 0 Å². The molecular formula is C17H14N2O4. The summed E-state index contributed by atoms with van der Waals surface area (Å²) in [5.74, 6) is -0.843. The van der Waals surface area contributed by atoms with Gasteiger partial charge in [0.25, 0.3) is 0 Å². The molecule has 2 aromatic heterocycles. The Balaban J connectivity index is 2.09. The first kappa shape index (κ1) is 14.8. The van der Waals surface area contributed by atoms with Crippen LogP contribution >= 0.6 is 0 Å². The van der Waals surface area contributed by atoms with E-state index in [4.69, 9.17) is 4.74 Å². The number of hydrogen-bond donors (Lipinski definition) is 0. The molecule has 0 unspecified atom stereocenters. The van der Waals surface area contributed by atoms with Gasteiger partial charge >= 0.3 is 11.9 Å². The Labute approximate surface area is 132 Å². The average Bonchev–Trinajstić information content (AvgIpc) is 3.09. The summed E-state index contributed by atoms with van der Waals surface area (Å²) >= 11 is 0. The molecule has 0 spiro atoms. The van der Waals surface area contributed by atoms with Crippen LogP contribution in [-0.4, -0.2) is 35.5 Å². The van der Waals surface area contributed by atoms with Crippen LogP contribution in [-0.2, 0) is 9.47 Å². The lowest BCUT2D eigenvalue weighted by Gasteiger charge is -2.09. The Hall–Kier alpha value is -3.15. The second kappa shape index (κ2) is 5.92. The van der Waals surface area contributed by atoms with Crippen molar-refractivity contribution in [1.82, 2.24) is 9.38 Å². The van der Waals surface area contributed by atoms with E-state index in [0.29, 0.717) is 17.0 Å². The van der Waals surface area contributed by atoms with Crippen LogP contribution in [0.2, 0.25) is 0 Å². The van der Waals surface area contributed by atoms with Gasteiger partial charge in [-0.15, -0.1) is 0 Å². The van der Waals surface area contributed by atoms with Crippen LogP contribution in [0.15, 0.2) is 48.8 Å². The van der Waals surface area contributed by atoms with E-state index in [1.54, 1.807) is 34.9 Å². The maximum absolute atomic E-state index is 11.8. The quantitative estimate of drug-likeness (QED) is 0.695. The number of hydrogen-bond acceptors (Lipinski definition) is 5. The van der Waals surface area contributed by atoms with Gasteiger partial charge in [-0.3, -0.25) is 4.98 Å². The molecule has 0 bridgehead atoms. The predicted molar refractivity (Wildman–Crippen MR) is 83.3 cm³/mol. The third kappa shape index (κ3) is 2.55. The van der Waals surface area contributed by atoms with E-state index in [2.05, 4.69) is 9.72 Å². The molecule has 6 heteroatoms. The number of aromatic nitrogens is 2. The van der Waals surface area contributed by atoms with Gasteiger partial charge in [0.1, 0.15) is 0 Å². The van der Waals surface area contributed by atoms with Crippen molar-refractivity contribution in [3.8, 4) is 11.3 Å². The number of carbonyl (C=O) groups excluding carboxylic acids is 2. The Morgan fingerprint density at radius 3 is 2.35 bits per heavy atom. The van der Waals surface area contributed by atoms with Gasteiger partial charge in [-0.25, -0.2) is 9.59 Å². The standard InChI is InChI=1S/C17H14N2O4/c1-22-16(20)12-7-5-11(6-8-12)15-13-4-3-9-19(13)14(10-18-15)17(21)23-2/h3-10H,1-2H3. The number of rotatable bonds is 3. The molecule has 23 heavy (non-hydrogen) atoms. The molecule has 3 rings (SSSR count). The van der Waals surface area contributed by atoms with Gasteiger partial charge in [-0.1, -0.05) is 12.1 Å². The largest absolute Gasteiger partial charge is 0.465 e. The molecule has 6 nitrogen and oxygen atoms in total. The van der Waals surface area contributed by atoms with E-state index < -0.39 is 11.9 Å². The van der Waals surface area contributed by atoms with Crippen molar-refractivity contribution in [3.63, 3.8) is 0 Å². The molecule has 2 heterocycles. The predicted octanol–water partition coefficient (Wildman–Crippen LogP) is 2.57. The summed E-state index contributed by atoms with van der Waals surface area (Å²) in [5, 5.41) is 0. The van der Waals surface area contributed by atoms with E-state index in [9.17, 15) is 9.59 Å². The minimum Gasteiger partial charge on any atom is -0.465 e. The Morgan fingerprint density at radius 2 is 1.70 bits per heavy atom. The fraction of sp³-hybridized carbons (Fsp3) is 0.118. The molecule has 0 fully saturated rings. The molecule has 0 saturated carbocycles. The highest BCUT2D eigenvalue weighted by atomic mass is 16.5. The summed E-state index contributed by atoms with van der Waals surface area (Å²) in [6.07, 6.45) is 3.25. The minimum atomic E-state index is -0.453. The van der Waals surface area contributed by atoms with E-state index in [0.717, 1.165) is 11.1 Å². The van der Waals surface area contributed by atoms with Crippen LogP contribution in [0.5, 0.6) is 0 Å². The van der Waals surface area contributed by atoms with Gasteiger partial charge in [-0.05, 0) is 24.3 Å². The molecule has 0 aliphatic heterocycles. The third-order valence-electron chi connectivity index (χ3n) is 3.54. The summed E-state index contributed by atoms with van der Waals surface area (Å²) in [6.45, 7) is 0. The number of fused-ring (bicyclic) bond motifs is 1. The highest BCUT2D eigenvalue weighted by Gasteiger charge is 2.15. The summed E-state index contributed by atoms with van der Waals surface area (Å²) in [6, 6.07) is 10.6. The fourth-order valence-corrected chi connectivity index (χ4v) is 2.40. The summed E-state index contributed by atoms with van der Waals surface area (Å²) in [4.78, 5) is 27.7. The number of esters is 2. The smallest absolute Gasteiger partial charge is 0.356 e. The van der Waals surface area contributed by atoms with E-state index in [-0.39, 0.29) is 0 Å². The highest BCUT2D eigenvalue weighted by molar-refractivity contribution is 5.92. The fourth-order valence-electron chi connectivity index (χ4n) is 2.40. The molecule has 0 aliphatic rings. The number of methoxy groups -OCH3 is 2. The number of carbonyl (C=O) groups is 2. The maximum atomic E-state index is 11.8. The average molecular weight is 310 g/mol. The maximum Gasteiger partial charge on any atom is 0.356 e. The molecular weight excluding hydrogens is 296 g/mol. The van der Waals surface area contributed by atoms with Crippen molar-refractivity contribution in [2.24, 2.45) is 0 Å². The first-order valence-corrected chi connectivity index (χ1v) is 6.89. The molecule has 3 aromatic rings. The van der Waals surface area contributed by atoms with Crippen LogP contribution in [0.3, 0.4) is 0 Å². The van der Waals surface area contributed by atoms with Crippen molar-refractivity contribution in [2.45, 2.75) is 0 Å². The van der Waals surface area contributed by atoms with E-state index >= 15 is 0 Å². The number of benzene rings is 1. The molecule has 0 atom stereocenters. The molecule has 0 N–H and O–H groups in total. The van der Waals surface area contributed by atoms with Gasteiger partial charge < -0.3 is 13.9 Å². The summed E-state index contributed by atoms with van der Waals surface area (Å²) < 4.78 is 11.2. The first-order chi connectivity index (χ1) is 11.2. The normalized spacial score (nSPS) is 10.5. The van der Waals surface area contributed by atoms with Gasteiger partial charge in [-0.2, -0.15) is 0 Å². The topological polar surface area (TPSA) is 69.9 Å². The summed E-state index contributed by atoms with van der Waals surface area (Å²) in [7, 11) is 2.67. The second-order valence-corrected chi connectivity index (χ2v) is 4.82. The lowest BCUT2D eigenvalue weighted by Crippen LogP contribution is -2.09. The van der Waals surface area contributed by atoms with Crippen LogP contribution < -0.4 is 0 Å². The molecule has 116 valence electrons. The first-order valence-electron chi connectivity index (χ1n) is 6.89. The summed E-state index contributed by atoms with van der Waals surface area (Å²) in [5.41, 5.74) is 3.13. The molecule has 0 amide bonds. The second-order valence-electron chi connectivity index (χ2n) is 4.82. The van der Waals surface area contributed by atoms with Crippen molar-refractivity contribution in [3.05, 3.63) is 60.0 Å². The third-order valence-corrected chi connectivity index (χ3v) is 3.54. The lowest BCUT2D eigenvalue weighted by atomic mass is 10.1. The molecule has 0 aliphatic carbocycles. The lowest BCUT2D eigenvalue weighted by molar-refractivity contribution is 0.0586. The zero-order valence-electron chi connectivity index (χ0n) is 12.6. The molecule has 0 radical (unpaired) electrons. The van der Waals surface area contributed by atoms with Crippen molar-refractivity contribution < 1.29 is 19.1 Å².